The van der Waals surface area contributed by atoms with Gasteiger partial charge in [-0.2, -0.15) is 0 Å². The summed E-state index contributed by atoms with van der Waals surface area (Å²) in [6.07, 6.45) is 6.85. The summed E-state index contributed by atoms with van der Waals surface area (Å²) in [4.78, 5) is 0. The van der Waals surface area contributed by atoms with E-state index in [2.05, 4.69) is 11.4 Å². The van der Waals surface area contributed by atoms with E-state index in [-0.39, 0.29) is 5.82 Å². The summed E-state index contributed by atoms with van der Waals surface area (Å²) in [5, 5.41) is 3.57. The second-order valence-corrected chi connectivity index (χ2v) is 7.04. The molecule has 0 saturated heterocycles. The van der Waals surface area contributed by atoms with E-state index in [0.29, 0.717) is 12.4 Å². The van der Waals surface area contributed by atoms with Crippen molar-refractivity contribution in [3.63, 3.8) is 0 Å². The van der Waals surface area contributed by atoms with Crippen LogP contribution < -0.4 is 14.8 Å². The number of benzene rings is 2. The second kappa shape index (κ2) is 9.58. The first-order valence-electron chi connectivity index (χ1n) is 9.49. The number of ether oxygens (including phenoxy) is 2. The molecule has 1 N–H and O–H groups in total. The van der Waals surface area contributed by atoms with E-state index in [0.717, 1.165) is 30.3 Å². The molecule has 0 bridgehead atoms. The van der Waals surface area contributed by atoms with Gasteiger partial charge >= 0.3 is 0 Å². The van der Waals surface area contributed by atoms with E-state index in [1.165, 1.54) is 49.8 Å². The summed E-state index contributed by atoms with van der Waals surface area (Å²) in [5.41, 5.74) is 2.11. The minimum atomic E-state index is -0.239. The van der Waals surface area contributed by atoms with Crippen molar-refractivity contribution >= 4 is 0 Å². The maximum absolute atomic E-state index is 13.0. The fourth-order valence-corrected chi connectivity index (χ4v) is 3.49. The first kappa shape index (κ1) is 18.7. The number of hydrogen-bond acceptors (Lipinski definition) is 3. The minimum absolute atomic E-state index is 0.239. The van der Waals surface area contributed by atoms with Crippen LogP contribution in [0.1, 0.15) is 43.2 Å². The third kappa shape index (κ3) is 5.46. The lowest BCUT2D eigenvalue weighted by atomic mass is 9.89. The summed E-state index contributed by atoms with van der Waals surface area (Å²) in [6, 6.07) is 12.4. The van der Waals surface area contributed by atoms with Crippen LogP contribution in [0.25, 0.3) is 0 Å². The lowest BCUT2D eigenvalue weighted by Gasteiger charge is -2.22. The second-order valence-electron chi connectivity index (χ2n) is 7.04. The quantitative estimate of drug-likeness (QED) is 0.714. The molecule has 1 aliphatic carbocycles. The number of methoxy groups -OCH3 is 1. The van der Waals surface area contributed by atoms with Gasteiger partial charge in [0.1, 0.15) is 12.4 Å². The van der Waals surface area contributed by atoms with Crippen LogP contribution in [0.15, 0.2) is 42.5 Å². The normalized spacial score (nSPS) is 15.0. The van der Waals surface area contributed by atoms with Gasteiger partial charge in [0.25, 0.3) is 0 Å². The first-order chi connectivity index (χ1) is 12.7. The van der Waals surface area contributed by atoms with Crippen molar-refractivity contribution in [1.29, 1.82) is 0 Å². The van der Waals surface area contributed by atoms with Crippen molar-refractivity contribution in [2.45, 2.75) is 45.3 Å². The third-order valence-corrected chi connectivity index (χ3v) is 5.02. The van der Waals surface area contributed by atoms with Crippen LogP contribution in [0.5, 0.6) is 11.5 Å². The molecule has 3 rings (SSSR count). The van der Waals surface area contributed by atoms with Gasteiger partial charge in [0.05, 0.1) is 7.11 Å². The summed E-state index contributed by atoms with van der Waals surface area (Å²) in [5.74, 6) is 2.01. The predicted octanol–water partition coefficient (Wildman–Crippen LogP) is 5.08. The molecule has 0 aromatic heterocycles. The largest absolute Gasteiger partial charge is 0.493 e. The Morgan fingerprint density at radius 3 is 2.42 bits per heavy atom. The summed E-state index contributed by atoms with van der Waals surface area (Å²) in [7, 11) is 1.65. The summed E-state index contributed by atoms with van der Waals surface area (Å²) >= 11 is 0. The molecule has 2 aromatic rings. The lowest BCUT2D eigenvalue weighted by molar-refractivity contribution is 0.284. The van der Waals surface area contributed by atoms with E-state index in [4.69, 9.17) is 9.47 Å². The molecule has 0 heterocycles. The van der Waals surface area contributed by atoms with E-state index >= 15 is 0 Å². The fraction of sp³-hybridized carbons (Fsp3) is 0.455. The number of rotatable bonds is 8. The van der Waals surface area contributed by atoms with Gasteiger partial charge in [0.2, 0.25) is 0 Å². The van der Waals surface area contributed by atoms with Gasteiger partial charge in [-0.15, -0.1) is 0 Å². The van der Waals surface area contributed by atoms with Gasteiger partial charge in [-0.05, 0) is 60.7 Å². The molecule has 26 heavy (non-hydrogen) atoms. The van der Waals surface area contributed by atoms with Crippen molar-refractivity contribution in [2.75, 3.05) is 13.7 Å². The molecular formula is C22H28FNO2. The molecule has 0 radical (unpaired) electrons. The Bertz CT molecular complexity index is 681. The van der Waals surface area contributed by atoms with E-state index in [1.54, 1.807) is 19.2 Å². The molecule has 0 amide bonds. The standard InChI is InChI=1S/C22H28FNO2/c1-25-22-13-19(15-24-14-17-5-3-2-4-6-17)9-12-21(22)26-16-18-7-10-20(23)11-8-18/h7-13,17,24H,2-6,14-16H2,1H3. The van der Waals surface area contributed by atoms with Crippen LogP contribution >= 0.6 is 0 Å². The lowest BCUT2D eigenvalue weighted by Crippen LogP contribution is -2.24. The van der Waals surface area contributed by atoms with Gasteiger partial charge in [0, 0.05) is 6.54 Å². The van der Waals surface area contributed by atoms with Gasteiger partial charge < -0.3 is 14.8 Å². The zero-order valence-corrected chi connectivity index (χ0v) is 15.5. The van der Waals surface area contributed by atoms with Crippen molar-refractivity contribution in [2.24, 2.45) is 5.92 Å². The van der Waals surface area contributed by atoms with Gasteiger partial charge in [0.15, 0.2) is 11.5 Å². The highest BCUT2D eigenvalue weighted by Crippen LogP contribution is 2.29. The highest BCUT2D eigenvalue weighted by molar-refractivity contribution is 5.43. The van der Waals surface area contributed by atoms with Crippen molar-refractivity contribution < 1.29 is 13.9 Å². The van der Waals surface area contributed by atoms with E-state index < -0.39 is 0 Å². The molecular weight excluding hydrogens is 329 g/mol. The van der Waals surface area contributed by atoms with Crippen LogP contribution in [0.3, 0.4) is 0 Å². The summed E-state index contributed by atoms with van der Waals surface area (Å²) < 4.78 is 24.3. The Labute approximate surface area is 155 Å². The van der Waals surface area contributed by atoms with E-state index in [1.807, 2.05) is 12.1 Å². The van der Waals surface area contributed by atoms with Crippen molar-refractivity contribution in [1.82, 2.24) is 5.32 Å². The monoisotopic (exact) mass is 357 g/mol. The molecule has 1 fully saturated rings. The van der Waals surface area contributed by atoms with Gasteiger partial charge in [-0.1, -0.05) is 37.5 Å². The molecule has 1 aliphatic rings. The number of nitrogens with one attached hydrogen (secondary N) is 1. The number of halogens is 1. The van der Waals surface area contributed by atoms with Gasteiger partial charge in [-0.25, -0.2) is 4.39 Å². The predicted molar refractivity (Wildman–Crippen MR) is 102 cm³/mol. The molecule has 0 spiro atoms. The molecule has 0 atom stereocenters. The average Bonchev–Trinajstić information content (AvgIpc) is 2.69. The Hall–Kier alpha value is -2.07. The Morgan fingerprint density at radius 1 is 0.962 bits per heavy atom. The summed E-state index contributed by atoms with van der Waals surface area (Å²) in [6.45, 7) is 2.31. The topological polar surface area (TPSA) is 30.5 Å². The Balaban J connectivity index is 1.52. The van der Waals surface area contributed by atoms with Crippen LogP contribution in [-0.2, 0) is 13.2 Å². The minimum Gasteiger partial charge on any atom is -0.493 e. The molecule has 140 valence electrons. The molecule has 3 nitrogen and oxygen atoms in total. The molecule has 0 aliphatic heterocycles. The van der Waals surface area contributed by atoms with Crippen LogP contribution in [0, 0.1) is 11.7 Å². The Morgan fingerprint density at radius 2 is 1.69 bits per heavy atom. The van der Waals surface area contributed by atoms with Crippen LogP contribution in [0.4, 0.5) is 4.39 Å². The molecule has 2 aromatic carbocycles. The fourth-order valence-electron chi connectivity index (χ4n) is 3.49. The smallest absolute Gasteiger partial charge is 0.161 e. The van der Waals surface area contributed by atoms with Crippen molar-refractivity contribution in [3.05, 3.63) is 59.4 Å². The average molecular weight is 357 g/mol. The highest BCUT2D eigenvalue weighted by Gasteiger charge is 2.13. The maximum Gasteiger partial charge on any atom is 0.161 e. The van der Waals surface area contributed by atoms with E-state index in [9.17, 15) is 4.39 Å². The zero-order chi connectivity index (χ0) is 18.2. The molecule has 0 unspecified atom stereocenters. The zero-order valence-electron chi connectivity index (χ0n) is 15.5. The van der Waals surface area contributed by atoms with Crippen molar-refractivity contribution in [3.8, 4) is 11.5 Å². The van der Waals surface area contributed by atoms with Gasteiger partial charge in [-0.3, -0.25) is 0 Å². The van der Waals surface area contributed by atoms with Crippen LogP contribution in [0.2, 0.25) is 0 Å². The molecule has 1 saturated carbocycles. The number of hydrogen-bond donors (Lipinski definition) is 1. The third-order valence-electron chi connectivity index (χ3n) is 5.02. The molecule has 4 heteroatoms. The maximum atomic E-state index is 13.0. The highest BCUT2D eigenvalue weighted by atomic mass is 19.1. The Kier molecular flexibility index (Phi) is 6.89. The SMILES string of the molecule is COc1cc(CNCC2CCCCC2)ccc1OCc1ccc(F)cc1. The first-order valence-corrected chi connectivity index (χ1v) is 9.49. The van der Waals surface area contributed by atoms with Crippen LogP contribution in [-0.4, -0.2) is 13.7 Å².